The van der Waals surface area contributed by atoms with Crippen LogP contribution in [-0.4, -0.2) is 26.3 Å². The summed E-state index contributed by atoms with van der Waals surface area (Å²) in [6, 6.07) is 5.45. The summed E-state index contributed by atoms with van der Waals surface area (Å²) in [5.74, 6) is -0.127. The smallest absolute Gasteiger partial charge is 0.146 e. The van der Waals surface area contributed by atoms with Crippen LogP contribution in [0.2, 0.25) is 0 Å². The van der Waals surface area contributed by atoms with Crippen LogP contribution in [0.5, 0.6) is 0 Å². The average molecular weight is 302 g/mol. The highest BCUT2D eigenvalue weighted by molar-refractivity contribution is 9.08. The van der Waals surface area contributed by atoms with E-state index in [0.29, 0.717) is 17.1 Å². The number of ether oxygens (including phenoxy) is 1. The lowest BCUT2D eigenvalue weighted by Crippen LogP contribution is -2.37. The van der Waals surface area contributed by atoms with Gasteiger partial charge in [0.25, 0.3) is 0 Å². The first kappa shape index (κ1) is 12.8. The number of rotatable bonds is 3. The van der Waals surface area contributed by atoms with E-state index in [1.54, 1.807) is 13.2 Å². The Morgan fingerprint density at radius 3 is 2.65 bits per heavy atom. The van der Waals surface area contributed by atoms with Crippen molar-refractivity contribution in [3.05, 3.63) is 29.6 Å². The summed E-state index contributed by atoms with van der Waals surface area (Å²) >= 11 is 3.33. The standard InChI is InChI=1S/C13H17BrFNO/c1-17-11-4-6-16(7-5-11)13-3-2-10(9-14)8-12(13)15/h2-3,8,11H,4-7,9H2,1H3. The highest BCUT2D eigenvalue weighted by Gasteiger charge is 2.20. The van der Waals surface area contributed by atoms with E-state index < -0.39 is 0 Å². The van der Waals surface area contributed by atoms with Crippen LogP contribution in [0.4, 0.5) is 10.1 Å². The van der Waals surface area contributed by atoms with Crippen LogP contribution < -0.4 is 4.90 Å². The third-order valence-corrected chi connectivity index (χ3v) is 3.93. The molecule has 1 saturated heterocycles. The van der Waals surface area contributed by atoms with Crippen LogP contribution in [0, 0.1) is 5.82 Å². The van der Waals surface area contributed by atoms with Crippen molar-refractivity contribution in [2.24, 2.45) is 0 Å². The third-order valence-electron chi connectivity index (χ3n) is 3.28. The SMILES string of the molecule is COC1CCN(c2ccc(CBr)cc2F)CC1. The van der Waals surface area contributed by atoms with Gasteiger partial charge < -0.3 is 9.64 Å². The van der Waals surface area contributed by atoms with Gasteiger partial charge in [-0.3, -0.25) is 0 Å². The molecule has 1 fully saturated rings. The van der Waals surface area contributed by atoms with E-state index in [0.717, 1.165) is 31.5 Å². The van der Waals surface area contributed by atoms with Crippen molar-refractivity contribution in [2.45, 2.75) is 24.3 Å². The van der Waals surface area contributed by atoms with E-state index in [4.69, 9.17) is 4.74 Å². The first-order chi connectivity index (χ1) is 8.24. The second-order valence-electron chi connectivity index (χ2n) is 4.34. The molecule has 17 heavy (non-hydrogen) atoms. The van der Waals surface area contributed by atoms with Gasteiger partial charge in [-0.1, -0.05) is 22.0 Å². The summed E-state index contributed by atoms with van der Waals surface area (Å²) < 4.78 is 19.2. The molecule has 1 heterocycles. The largest absolute Gasteiger partial charge is 0.381 e. The molecule has 0 radical (unpaired) electrons. The quantitative estimate of drug-likeness (QED) is 0.794. The number of alkyl halides is 1. The predicted octanol–water partition coefficient (Wildman–Crippen LogP) is 3.34. The van der Waals surface area contributed by atoms with Crippen LogP contribution in [0.15, 0.2) is 18.2 Å². The van der Waals surface area contributed by atoms with Crippen molar-refractivity contribution >= 4 is 21.6 Å². The van der Waals surface area contributed by atoms with Crippen LogP contribution in [0.25, 0.3) is 0 Å². The molecule has 0 aromatic heterocycles. The molecule has 0 bridgehead atoms. The Morgan fingerprint density at radius 2 is 2.12 bits per heavy atom. The highest BCUT2D eigenvalue weighted by atomic mass is 79.9. The molecule has 2 nitrogen and oxygen atoms in total. The zero-order valence-electron chi connectivity index (χ0n) is 9.96. The zero-order valence-corrected chi connectivity index (χ0v) is 11.5. The lowest BCUT2D eigenvalue weighted by Gasteiger charge is -2.33. The first-order valence-corrected chi connectivity index (χ1v) is 6.99. The number of piperidine rings is 1. The van der Waals surface area contributed by atoms with Crippen molar-refractivity contribution < 1.29 is 9.13 Å². The zero-order chi connectivity index (χ0) is 12.3. The summed E-state index contributed by atoms with van der Waals surface area (Å²) in [5, 5.41) is 0.690. The summed E-state index contributed by atoms with van der Waals surface area (Å²) in [7, 11) is 1.74. The number of hydrogen-bond donors (Lipinski definition) is 0. The third kappa shape index (κ3) is 2.99. The molecule has 4 heteroatoms. The summed E-state index contributed by atoms with van der Waals surface area (Å²) in [4.78, 5) is 2.10. The highest BCUT2D eigenvalue weighted by Crippen LogP contribution is 2.25. The molecule has 1 aromatic carbocycles. The number of methoxy groups -OCH3 is 1. The van der Waals surface area contributed by atoms with Gasteiger partial charge in [-0.2, -0.15) is 0 Å². The molecule has 0 atom stereocenters. The molecule has 0 aliphatic carbocycles. The van der Waals surface area contributed by atoms with Gasteiger partial charge in [0.2, 0.25) is 0 Å². The van der Waals surface area contributed by atoms with Gasteiger partial charge in [0.05, 0.1) is 11.8 Å². The molecule has 0 unspecified atom stereocenters. The van der Waals surface area contributed by atoms with Gasteiger partial charge in [0.15, 0.2) is 0 Å². The molecule has 0 amide bonds. The van der Waals surface area contributed by atoms with Gasteiger partial charge in [-0.05, 0) is 30.5 Å². The van der Waals surface area contributed by atoms with Crippen LogP contribution in [-0.2, 0) is 10.1 Å². The summed E-state index contributed by atoms with van der Waals surface area (Å²) in [6.07, 6.45) is 2.27. The fourth-order valence-electron chi connectivity index (χ4n) is 2.22. The maximum atomic E-state index is 13.9. The topological polar surface area (TPSA) is 12.5 Å². The Labute approximate surface area is 110 Å². The normalized spacial score (nSPS) is 17.5. The number of nitrogens with zero attached hydrogens (tertiary/aromatic N) is 1. The number of halogens is 2. The van der Waals surface area contributed by atoms with Crippen molar-refractivity contribution in [2.75, 3.05) is 25.1 Å². The Kier molecular flexibility index (Phi) is 4.40. The summed E-state index contributed by atoms with van der Waals surface area (Å²) in [6.45, 7) is 1.73. The van der Waals surface area contributed by atoms with E-state index >= 15 is 0 Å². The number of hydrogen-bond acceptors (Lipinski definition) is 2. The monoisotopic (exact) mass is 301 g/mol. The van der Waals surface area contributed by atoms with Gasteiger partial charge in [-0.15, -0.1) is 0 Å². The Balaban J connectivity index is 2.08. The second-order valence-corrected chi connectivity index (χ2v) is 4.90. The summed E-state index contributed by atoms with van der Waals surface area (Å²) in [5.41, 5.74) is 1.68. The van der Waals surface area contributed by atoms with Crippen LogP contribution in [0.3, 0.4) is 0 Å². The van der Waals surface area contributed by atoms with Gasteiger partial charge >= 0.3 is 0 Å². The molecule has 1 aliphatic rings. The van der Waals surface area contributed by atoms with Gasteiger partial charge in [0, 0.05) is 25.5 Å². The van der Waals surface area contributed by atoms with Crippen molar-refractivity contribution in [3.8, 4) is 0 Å². The molecular weight excluding hydrogens is 285 g/mol. The van der Waals surface area contributed by atoms with E-state index in [2.05, 4.69) is 20.8 Å². The minimum absolute atomic E-state index is 0.127. The van der Waals surface area contributed by atoms with Crippen molar-refractivity contribution in [1.82, 2.24) is 0 Å². The minimum atomic E-state index is -0.127. The second kappa shape index (κ2) is 5.83. The molecule has 0 N–H and O–H groups in total. The molecule has 1 aromatic rings. The van der Waals surface area contributed by atoms with E-state index in [1.807, 2.05) is 12.1 Å². The number of benzene rings is 1. The fourth-order valence-corrected chi connectivity index (χ4v) is 2.57. The molecule has 0 saturated carbocycles. The van der Waals surface area contributed by atoms with Gasteiger partial charge in [0.1, 0.15) is 5.82 Å². The Hall–Kier alpha value is -0.610. The van der Waals surface area contributed by atoms with E-state index in [1.165, 1.54) is 0 Å². The lowest BCUT2D eigenvalue weighted by molar-refractivity contribution is 0.0818. The maximum absolute atomic E-state index is 13.9. The van der Waals surface area contributed by atoms with Crippen LogP contribution >= 0.6 is 15.9 Å². The molecular formula is C13H17BrFNO. The minimum Gasteiger partial charge on any atom is -0.381 e. The van der Waals surface area contributed by atoms with E-state index in [9.17, 15) is 4.39 Å². The molecule has 2 rings (SSSR count). The predicted molar refractivity (Wildman–Crippen MR) is 71.3 cm³/mol. The average Bonchev–Trinajstić information content (AvgIpc) is 2.39. The molecule has 94 valence electrons. The maximum Gasteiger partial charge on any atom is 0.146 e. The Bertz CT molecular complexity index is 378. The van der Waals surface area contributed by atoms with Gasteiger partial charge in [-0.25, -0.2) is 4.39 Å². The molecule has 0 spiro atoms. The van der Waals surface area contributed by atoms with Crippen LogP contribution in [0.1, 0.15) is 18.4 Å². The number of anilines is 1. The first-order valence-electron chi connectivity index (χ1n) is 5.86. The molecule has 1 aliphatic heterocycles. The Morgan fingerprint density at radius 1 is 1.41 bits per heavy atom. The van der Waals surface area contributed by atoms with Crippen molar-refractivity contribution in [1.29, 1.82) is 0 Å². The van der Waals surface area contributed by atoms with E-state index in [-0.39, 0.29) is 5.82 Å². The van der Waals surface area contributed by atoms with Crippen molar-refractivity contribution in [3.63, 3.8) is 0 Å². The fraction of sp³-hybridized carbons (Fsp3) is 0.538. The lowest BCUT2D eigenvalue weighted by atomic mass is 10.1.